The van der Waals surface area contributed by atoms with Crippen molar-refractivity contribution in [1.82, 2.24) is 4.90 Å². The molecule has 2 unspecified atom stereocenters. The molecule has 1 aromatic carbocycles. The second-order valence-electron chi connectivity index (χ2n) is 6.34. The van der Waals surface area contributed by atoms with Crippen LogP contribution < -0.4 is 0 Å². The maximum atomic E-state index is 10.6. The quantitative estimate of drug-likeness (QED) is 0.487. The van der Waals surface area contributed by atoms with Crippen LogP contribution in [-0.2, 0) is 0 Å². The van der Waals surface area contributed by atoms with Gasteiger partial charge in [-0.15, -0.1) is 0 Å². The van der Waals surface area contributed by atoms with Gasteiger partial charge in [0.05, 0.1) is 4.92 Å². The molecule has 0 radical (unpaired) electrons. The van der Waals surface area contributed by atoms with Crippen LogP contribution >= 0.6 is 0 Å². The van der Waals surface area contributed by atoms with Crippen LogP contribution in [0, 0.1) is 16.0 Å². The molecule has 22 heavy (non-hydrogen) atoms. The minimum atomic E-state index is -0.374. The molecule has 2 fully saturated rings. The number of nitro groups is 1. The molecule has 0 bridgehead atoms. The van der Waals surface area contributed by atoms with Crippen LogP contribution in [0.5, 0.6) is 0 Å². The van der Waals surface area contributed by atoms with E-state index >= 15 is 0 Å². The molecule has 2 aliphatic rings. The van der Waals surface area contributed by atoms with Gasteiger partial charge in [-0.25, -0.2) is 0 Å². The Bertz CT molecular complexity index is 539. The average molecular weight is 301 g/mol. The lowest BCUT2D eigenvalue weighted by molar-refractivity contribution is -0.384. The van der Waals surface area contributed by atoms with E-state index in [1.807, 2.05) is 6.21 Å². The standard InChI is InChI=1S/C17H23N3O2/c21-20(22)16-8-6-14(7-9-16)12-18-13-15-4-3-11-19-10-2-1-5-17(15)19/h6-9,12,15,17H,1-5,10-11,13H2. The Balaban J connectivity index is 1.57. The summed E-state index contributed by atoms with van der Waals surface area (Å²) in [5.41, 5.74) is 1.06. The number of piperidine rings is 2. The molecule has 2 aliphatic heterocycles. The lowest BCUT2D eigenvalue weighted by atomic mass is 9.83. The highest BCUT2D eigenvalue weighted by molar-refractivity contribution is 5.79. The third-order valence-electron chi connectivity index (χ3n) is 4.91. The second-order valence-corrected chi connectivity index (χ2v) is 6.34. The average Bonchev–Trinajstić information content (AvgIpc) is 2.55. The molecule has 3 rings (SSSR count). The molecule has 2 atom stereocenters. The normalized spacial score (nSPS) is 26.0. The molecule has 118 valence electrons. The largest absolute Gasteiger partial charge is 0.300 e. The lowest BCUT2D eigenvalue weighted by Gasteiger charge is -2.43. The molecule has 0 spiro atoms. The Kier molecular flexibility index (Phi) is 4.83. The lowest BCUT2D eigenvalue weighted by Crippen LogP contribution is -2.48. The molecular weight excluding hydrogens is 278 g/mol. The van der Waals surface area contributed by atoms with Crippen molar-refractivity contribution in [3.63, 3.8) is 0 Å². The Labute approximate surface area is 131 Å². The van der Waals surface area contributed by atoms with E-state index < -0.39 is 0 Å². The molecule has 5 heteroatoms. The number of rotatable bonds is 4. The number of nitrogens with zero attached hydrogens (tertiary/aromatic N) is 3. The maximum absolute atomic E-state index is 10.6. The van der Waals surface area contributed by atoms with Crippen molar-refractivity contribution in [3.05, 3.63) is 39.9 Å². The zero-order valence-corrected chi connectivity index (χ0v) is 12.9. The first-order valence-corrected chi connectivity index (χ1v) is 8.22. The molecule has 1 aromatic rings. The number of fused-ring (bicyclic) bond motifs is 1. The van der Waals surface area contributed by atoms with Gasteiger partial charge < -0.3 is 4.90 Å². The molecular formula is C17H23N3O2. The summed E-state index contributed by atoms with van der Waals surface area (Å²) in [4.78, 5) is 17.5. The van der Waals surface area contributed by atoms with Gasteiger partial charge in [-0.1, -0.05) is 6.42 Å². The highest BCUT2D eigenvalue weighted by Gasteiger charge is 2.32. The van der Waals surface area contributed by atoms with Crippen LogP contribution in [-0.4, -0.2) is 41.7 Å². The van der Waals surface area contributed by atoms with E-state index in [2.05, 4.69) is 9.89 Å². The van der Waals surface area contributed by atoms with Crippen molar-refractivity contribution in [2.24, 2.45) is 10.9 Å². The molecule has 0 aromatic heterocycles. The van der Waals surface area contributed by atoms with Crippen molar-refractivity contribution in [2.75, 3.05) is 19.6 Å². The fraction of sp³-hybridized carbons (Fsp3) is 0.588. The zero-order valence-electron chi connectivity index (χ0n) is 12.9. The smallest absolute Gasteiger partial charge is 0.269 e. The highest BCUT2D eigenvalue weighted by Crippen LogP contribution is 2.30. The first-order valence-electron chi connectivity index (χ1n) is 8.22. The number of benzene rings is 1. The van der Waals surface area contributed by atoms with Crippen molar-refractivity contribution in [1.29, 1.82) is 0 Å². The topological polar surface area (TPSA) is 58.7 Å². The minimum Gasteiger partial charge on any atom is -0.300 e. The number of nitro benzene ring substituents is 1. The molecule has 0 amide bonds. The predicted molar refractivity (Wildman–Crippen MR) is 87.5 cm³/mol. The first kappa shape index (κ1) is 15.2. The van der Waals surface area contributed by atoms with Crippen LogP contribution in [0.15, 0.2) is 29.3 Å². The van der Waals surface area contributed by atoms with Crippen LogP contribution in [0.25, 0.3) is 0 Å². The van der Waals surface area contributed by atoms with E-state index in [1.165, 1.54) is 57.3 Å². The molecule has 0 aliphatic carbocycles. The first-order chi connectivity index (χ1) is 10.7. The summed E-state index contributed by atoms with van der Waals surface area (Å²) in [5.74, 6) is 0.670. The van der Waals surface area contributed by atoms with Crippen LogP contribution in [0.3, 0.4) is 0 Å². The van der Waals surface area contributed by atoms with Crippen molar-refractivity contribution < 1.29 is 4.92 Å². The van der Waals surface area contributed by atoms with Crippen molar-refractivity contribution in [3.8, 4) is 0 Å². The Morgan fingerprint density at radius 2 is 1.95 bits per heavy atom. The van der Waals surface area contributed by atoms with Gasteiger partial charge in [-0.05, 0) is 62.4 Å². The summed E-state index contributed by atoms with van der Waals surface area (Å²) in [6.45, 7) is 3.39. The van der Waals surface area contributed by atoms with Crippen LogP contribution in [0.4, 0.5) is 5.69 Å². The monoisotopic (exact) mass is 301 g/mol. The van der Waals surface area contributed by atoms with Gasteiger partial charge in [0.15, 0.2) is 0 Å². The number of aliphatic imine (C=N–C) groups is 1. The van der Waals surface area contributed by atoms with Gasteiger partial charge >= 0.3 is 0 Å². The van der Waals surface area contributed by atoms with E-state index in [0.717, 1.165) is 18.2 Å². The summed E-state index contributed by atoms with van der Waals surface area (Å²) in [6, 6.07) is 7.30. The van der Waals surface area contributed by atoms with Gasteiger partial charge in [-0.3, -0.25) is 15.1 Å². The number of hydrogen-bond donors (Lipinski definition) is 0. The molecule has 5 nitrogen and oxygen atoms in total. The van der Waals surface area contributed by atoms with E-state index in [4.69, 9.17) is 0 Å². The fourth-order valence-electron chi connectivity index (χ4n) is 3.77. The molecule has 2 saturated heterocycles. The Morgan fingerprint density at radius 3 is 2.73 bits per heavy atom. The molecule has 0 saturated carbocycles. The van der Waals surface area contributed by atoms with E-state index in [1.54, 1.807) is 12.1 Å². The highest BCUT2D eigenvalue weighted by atomic mass is 16.6. The SMILES string of the molecule is O=[N+]([O-])c1ccc(C=NCC2CCCN3CCCCC23)cc1. The maximum Gasteiger partial charge on any atom is 0.269 e. The van der Waals surface area contributed by atoms with E-state index in [-0.39, 0.29) is 10.6 Å². The van der Waals surface area contributed by atoms with Gasteiger partial charge in [0.1, 0.15) is 0 Å². The Hall–Kier alpha value is -1.75. The third-order valence-corrected chi connectivity index (χ3v) is 4.91. The minimum absolute atomic E-state index is 0.127. The summed E-state index contributed by atoms with van der Waals surface area (Å²) in [7, 11) is 0. The predicted octanol–water partition coefficient (Wildman–Crippen LogP) is 3.28. The zero-order chi connectivity index (χ0) is 15.4. The second kappa shape index (κ2) is 7.01. The van der Waals surface area contributed by atoms with Gasteiger partial charge in [0.2, 0.25) is 0 Å². The van der Waals surface area contributed by atoms with Crippen LogP contribution in [0.2, 0.25) is 0 Å². The Morgan fingerprint density at radius 1 is 1.18 bits per heavy atom. The van der Waals surface area contributed by atoms with E-state index in [0.29, 0.717) is 5.92 Å². The summed E-state index contributed by atoms with van der Waals surface area (Å²) in [6.07, 6.45) is 8.43. The molecule has 2 heterocycles. The van der Waals surface area contributed by atoms with Gasteiger partial charge in [0, 0.05) is 30.9 Å². The van der Waals surface area contributed by atoms with E-state index in [9.17, 15) is 10.1 Å². The number of hydrogen-bond acceptors (Lipinski definition) is 4. The summed E-state index contributed by atoms with van der Waals surface area (Å²) < 4.78 is 0. The van der Waals surface area contributed by atoms with Crippen molar-refractivity contribution >= 4 is 11.9 Å². The summed E-state index contributed by atoms with van der Waals surface area (Å²) >= 11 is 0. The van der Waals surface area contributed by atoms with Crippen molar-refractivity contribution in [2.45, 2.75) is 38.1 Å². The van der Waals surface area contributed by atoms with Gasteiger partial charge in [-0.2, -0.15) is 0 Å². The fourth-order valence-corrected chi connectivity index (χ4v) is 3.77. The summed E-state index contributed by atoms with van der Waals surface area (Å²) in [5, 5.41) is 10.6. The van der Waals surface area contributed by atoms with Crippen LogP contribution in [0.1, 0.15) is 37.7 Å². The number of non-ortho nitro benzene ring substituents is 1. The van der Waals surface area contributed by atoms with Gasteiger partial charge in [0.25, 0.3) is 5.69 Å². The third kappa shape index (κ3) is 3.53. The molecule has 0 N–H and O–H groups in total.